The van der Waals surface area contributed by atoms with Gasteiger partial charge >= 0.3 is 0 Å². The van der Waals surface area contributed by atoms with Crippen LogP contribution in [0.15, 0.2) is 30.3 Å². The fourth-order valence-electron chi connectivity index (χ4n) is 1.01. The van der Waals surface area contributed by atoms with E-state index in [1.807, 2.05) is 30.3 Å². The lowest BCUT2D eigenvalue weighted by atomic mass is 10.3. The van der Waals surface area contributed by atoms with Crippen LogP contribution in [0.3, 0.4) is 0 Å². The maximum atomic E-state index is 10.8. The van der Waals surface area contributed by atoms with Gasteiger partial charge in [-0.15, -0.1) is 11.6 Å². The molecule has 4 heteroatoms. The topological polar surface area (TPSA) is 41.1 Å². The molecule has 1 amide bonds. The van der Waals surface area contributed by atoms with E-state index in [0.717, 1.165) is 5.69 Å². The Balaban J connectivity index is 2.13. The van der Waals surface area contributed by atoms with Gasteiger partial charge in [0, 0.05) is 18.8 Å². The molecule has 0 atom stereocenters. The van der Waals surface area contributed by atoms with E-state index >= 15 is 0 Å². The van der Waals surface area contributed by atoms with Crippen LogP contribution in [-0.4, -0.2) is 24.9 Å². The Kier molecular flexibility index (Phi) is 4.86. The van der Waals surface area contributed by atoms with Gasteiger partial charge in [0.2, 0.25) is 5.91 Å². The molecule has 0 fully saturated rings. The molecule has 0 saturated carbocycles. The van der Waals surface area contributed by atoms with Crippen molar-refractivity contribution in [2.24, 2.45) is 0 Å². The van der Waals surface area contributed by atoms with E-state index in [1.165, 1.54) is 0 Å². The van der Waals surface area contributed by atoms with Crippen LogP contribution in [-0.2, 0) is 4.79 Å². The van der Waals surface area contributed by atoms with E-state index in [9.17, 15) is 4.79 Å². The first kappa shape index (κ1) is 10.9. The van der Waals surface area contributed by atoms with E-state index in [-0.39, 0.29) is 11.8 Å². The molecule has 2 N–H and O–H groups in total. The van der Waals surface area contributed by atoms with Crippen molar-refractivity contribution >= 4 is 23.2 Å². The minimum absolute atomic E-state index is 0.0192. The van der Waals surface area contributed by atoms with E-state index in [2.05, 4.69) is 10.6 Å². The number of carbonyl (C=O) groups is 1. The summed E-state index contributed by atoms with van der Waals surface area (Å²) in [5.74, 6) is -0.118. The highest BCUT2D eigenvalue weighted by Crippen LogP contribution is 2.03. The lowest BCUT2D eigenvalue weighted by Gasteiger charge is -2.06. The van der Waals surface area contributed by atoms with Gasteiger partial charge in [-0.1, -0.05) is 18.2 Å². The molecule has 3 nitrogen and oxygen atoms in total. The number of anilines is 1. The quantitative estimate of drug-likeness (QED) is 0.573. The molecule has 0 aliphatic heterocycles. The molecule has 1 aromatic rings. The molecule has 76 valence electrons. The van der Waals surface area contributed by atoms with Gasteiger partial charge in [0.15, 0.2) is 0 Å². The number of hydrogen-bond donors (Lipinski definition) is 2. The Labute approximate surface area is 88.5 Å². The number of halogens is 1. The third-order valence-corrected chi connectivity index (χ3v) is 1.91. The minimum Gasteiger partial charge on any atom is -0.383 e. The van der Waals surface area contributed by atoms with Gasteiger partial charge in [-0.25, -0.2) is 0 Å². The maximum Gasteiger partial charge on any atom is 0.234 e. The van der Waals surface area contributed by atoms with E-state index < -0.39 is 0 Å². The second-order valence-corrected chi connectivity index (χ2v) is 3.04. The zero-order valence-electron chi connectivity index (χ0n) is 7.79. The first-order chi connectivity index (χ1) is 6.83. The van der Waals surface area contributed by atoms with Crippen LogP contribution >= 0.6 is 11.6 Å². The van der Waals surface area contributed by atoms with Crippen molar-refractivity contribution < 1.29 is 4.79 Å². The highest BCUT2D eigenvalue weighted by molar-refractivity contribution is 6.27. The van der Waals surface area contributed by atoms with E-state index in [1.54, 1.807) is 0 Å². The molecule has 0 aliphatic carbocycles. The lowest BCUT2D eigenvalue weighted by molar-refractivity contribution is -0.118. The number of hydrogen-bond acceptors (Lipinski definition) is 2. The van der Waals surface area contributed by atoms with Crippen molar-refractivity contribution in [1.82, 2.24) is 5.32 Å². The fourth-order valence-corrected chi connectivity index (χ4v) is 1.11. The summed E-state index contributed by atoms with van der Waals surface area (Å²) in [6.07, 6.45) is 0. The van der Waals surface area contributed by atoms with E-state index in [0.29, 0.717) is 13.1 Å². The van der Waals surface area contributed by atoms with Gasteiger partial charge in [-0.3, -0.25) is 4.79 Å². The summed E-state index contributed by atoms with van der Waals surface area (Å²) >= 11 is 5.32. The van der Waals surface area contributed by atoms with Crippen LogP contribution in [0.2, 0.25) is 0 Å². The van der Waals surface area contributed by atoms with Crippen LogP contribution < -0.4 is 10.6 Å². The average molecular weight is 213 g/mol. The second-order valence-electron chi connectivity index (χ2n) is 2.78. The summed E-state index contributed by atoms with van der Waals surface area (Å²) < 4.78 is 0. The molecule has 1 aromatic carbocycles. The summed E-state index contributed by atoms with van der Waals surface area (Å²) in [6.45, 7) is 1.28. The van der Waals surface area contributed by atoms with Gasteiger partial charge in [0.1, 0.15) is 5.88 Å². The summed E-state index contributed by atoms with van der Waals surface area (Å²) in [7, 11) is 0. The minimum atomic E-state index is -0.137. The van der Waals surface area contributed by atoms with Crippen molar-refractivity contribution in [3.63, 3.8) is 0 Å². The Bertz CT molecular complexity index is 277. The number of alkyl halides is 1. The summed E-state index contributed by atoms with van der Waals surface area (Å²) in [5.41, 5.74) is 1.05. The molecule has 14 heavy (non-hydrogen) atoms. The van der Waals surface area contributed by atoms with Gasteiger partial charge in [-0.05, 0) is 12.1 Å². The van der Waals surface area contributed by atoms with Crippen molar-refractivity contribution in [2.75, 3.05) is 24.3 Å². The lowest BCUT2D eigenvalue weighted by Crippen LogP contribution is -2.29. The highest BCUT2D eigenvalue weighted by atomic mass is 35.5. The number of para-hydroxylation sites is 1. The van der Waals surface area contributed by atoms with Crippen molar-refractivity contribution in [3.8, 4) is 0 Å². The molecule has 0 saturated heterocycles. The molecule has 0 aliphatic rings. The maximum absolute atomic E-state index is 10.8. The molecular formula is C10H13ClN2O. The van der Waals surface area contributed by atoms with Crippen LogP contribution in [0.5, 0.6) is 0 Å². The standard InChI is InChI=1S/C10H13ClN2O/c11-8-10(14)13-7-6-12-9-4-2-1-3-5-9/h1-5,12H,6-8H2,(H,13,14). The monoisotopic (exact) mass is 212 g/mol. The van der Waals surface area contributed by atoms with Crippen LogP contribution in [0, 0.1) is 0 Å². The van der Waals surface area contributed by atoms with Crippen molar-refractivity contribution in [1.29, 1.82) is 0 Å². The molecule has 0 aromatic heterocycles. The number of rotatable bonds is 5. The predicted molar refractivity (Wildman–Crippen MR) is 58.7 cm³/mol. The Morgan fingerprint density at radius 2 is 1.93 bits per heavy atom. The molecule has 0 radical (unpaired) electrons. The van der Waals surface area contributed by atoms with Crippen molar-refractivity contribution in [3.05, 3.63) is 30.3 Å². The zero-order valence-corrected chi connectivity index (χ0v) is 8.55. The average Bonchev–Trinajstić information content (AvgIpc) is 2.25. The zero-order chi connectivity index (χ0) is 10.2. The number of carbonyl (C=O) groups excluding carboxylic acids is 1. The Hall–Kier alpha value is -1.22. The number of amides is 1. The summed E-state index contributed by atoms with van der Waals surface area (Å²) in [5, 5.41) is 5.84. The highest BCUT2D eigenvalue weighted by Gasteiger charge is 1.95. The summed E-state index contributed by atoms with van der Waals surface area (Å²) in [4.78, 5) is 10.8. The first-order valence-corrected chi connectivity index (χ1v) is 4.98. The normalized spacial score (nSPS) is 9.50. The molecule has 0 unspecified atom stereocenters. The second kappa shape index (κ2) is 6.27. The van der Waals surface area contributed by atoms with Gasteiger partial charge in [0.05, 0.1) is 0 Å². The number of nitrogens with one attached hydrogen (secondary N) is 2. The Morgan fingerprint density at radius 1 is 1.21 bits per heavy atom. The van der Waals surface area contributed by atoms with Crippen LogP contribution in [0.25, 0.3) is 0 Å². The smallest absolute Gasteiger partial charge is 0.234 e. The van der Waals surface area contributed by atoms with Crippen LogP contribution in [0.1, 0.15) is 0 Å². The van der Waals surface area contributed by atoms with Gasteiger partial charge < -0.3 is 10.6 Å². The predicted octanol–water partition coefficient (Wildman–Crippen LogP) is 1.45. The fraction of sp³-hybridized carbons (Fsp3) is 0.300. The van der Waals surface area contributed by atoms with Gasteiger partial charge in [-0.2, -0.15) is 0 Å². The van der Waals surface area contributed by atoms with Gasteiger partial charge in [0.25, 0.3) is 0 Å². The van der Waals surface area contributed by atoms with Crippen LogP contribution in [0.4, 0.5) is 5.69 Å². The van der Waals surface area contributed by atoms with Crippen molar-refractivity contribution in [2.45, 2.75) is 0 Å². The Morgan fingerprint density at radius 3 is 2.57 bits per heavy atom. The number of benzene rings is 1. The largest absolute Gasteiger partial charge is 0.383 e. The summed E-state index contributed by atoms with van der Waals surface area (Å²) in [6, 6.07) is 9.83. The molecule has 0 spiro atoms. The third-order valence-electron chi connectivity index (χ3n) is 1.67. The third kappa shape index (κ3) is 4.14. The first-order valence-electron chi connectivity index (χ1n) is 4.44. The molecular weight excluding hydrogens is 200 g/mol. The van der Waals surface area contributed by atoms with E-state index in [4.69, 9.17) is 11.6 Å². The molecule has 0 heterocycles. The SMILES string of the molecule is O=C(CCl)NCCNc1ccccc1. The molecule has 1 rings (SSSR count). The molecule has 0 bridgehead atoms.